The first-order valence-electron chi connectivity index (χ1n) is 8.92. The Balaban J connectivity index is 1.81. The standard InChI is InChI=1S/C21H26O3S/c1-16(2)25(22,23)15-20-12-13-24-14-21(20)19-10-8-18(9-11-19)17-6-4-3-5-7-17/h3-11,16,20-21H,12-15H2,1-2H3/t20-,21-/m0/s1. The minimum Gasteiger partial charge on any atom is -0.381 e. The van der Waals surface area contributed by atoms with Crippen LogP contribution >= 0.6 is 0 Å². The molecule has 25 heavy (non-hydrogen) atoms. The fraction of sp³-hybridized carbons (Fsp3) is 0.429. The minimum atomic E-state index is -3.05. The van der Waals surface area contributed by atoms with Crippen molar-refractivity contribution in [2.75, 3.05) is 19.0 Å². The summed E-state index contributed by atoms with van der Waals surface area (Å²) in [6, 6.07) is 18.7. The van der Waals surface area contributed by atoms with Crippen LogP contribution in [0.15, 0.2) is 54.6 Å². The third kappa shape index (κ3) is 4.31. The van der Waals surface area contributed by atoms with Crippen molar-refractivity contribution in [1.82, 2.24) is 0 Å². The van der Waals surface area contributed by atoms with E-state index in [-0.39, 0.29) is 22.8 Å². The molecule has 3 rings (SSSR count). The van der Waals surface area contributed by atoms with Crippen LogP contribution in [0.1, 0.15) is 31.7 Å². The van der Waals surface area contributed by atoms with Gasteiger partial charge in [-0.1, -0.05) is 54.6 Å². The van der Waals surface area contributed by atoms with E-state index >= 15 is 0 Å². The summed E-state index contributed by atoms with van der Waals surface area (Å²) in [5.74, 6) is 0.523. The molecule has 1 heterocycles. The van der Waals surface area contributed by atoms with Gasteiger partial charge in [0.25, 0.3) is 0 Å². The van der Waals surface area contributed by atoms with E-state index in [2.05, 4.69) is 36.4 Å². The zero-order valence-corrected chi connectivity index (χ0v) is 15.7. The van der Waals surface area contributed by atoms with Gasteiger partial charge in [-0.25, -0.2) is 8.42 Å². The van der Waals surface area contributed by atoms with Crippen LogP contribution in [0.2, 0.25) is 0 Å². The van der Waals surface area contributed by atoms with Crippen LogP contribution in [-0.2, 0) is 14.6 Å². The number of ether oxygens (including phenoxy) is 1. The second-order valence-electron chi connectivity index (χ2n) is 7.10. The van der Waals surface area contributed by atoms with Gasteiger partial charge in [0.05, 0.1) is 17.6 Å². The van der Waals surface area contributed by atoms with Gasteiger partial charge in [0.2, 0.25) is 0 Å². The highest BCUT2D eigenvalue weighted by Gasteiger charge is 2.32. The summed E-state index contributed by atoms with van der Waals surface area (Å²) >= 11 is 0. The molecule has 0 unspecified atom stereocenters. The fourth-order valence-electron chi connectivity index (χ4n) is 3.39. The number of hydrogen-bond acceptors (Lipinski definition) is 3. The predicted octanol–water partition coefficient (Wildman–Crippen LogP) is 4.30. The van der Waals surface area contributed by atoms with Gasteiger partial charge in [0.15, 0.2) is 9.84 Å². The molecule has 2 aromatic carbocycles. The topological polar surface area (TPSA) is 43.4 Å². The number of hydrogen-bond donors (Lipinski definition) is 0. The van der Waals surface area contributed by atoms with Crippen molar-refractivity contribution >= 4 is 9.84 Å². The first-order valence-corrected chi connectivity index (χ1v) is 10.6. The molecular formula is C21H26O3S. The van der Waals surface area contributed by atoms with E-state index in [1.54, 1.807) is 13.8 Å². The monoisotopic (exact) mass is 358 g/mol. The summed E-state index contributed by atoms with van der Waals surface area (Å²) in [4.78, 5) is 0. The van der Waals surface area contributed by atoms with E-state index in [4.69, 9.17) is 4.74 Å². The molecule has 0 spiro atoms. The number of rotatable bonds is 5. The first-order chi connectivity index (χ1) is 12.0. The lowest BCUT2D eigenvalue weighted by atomic mass is 9.84. The van der Waals surface area contributed by atoms with Crippen LogP contribution in [0, 0.1) is 5.92 Å². The van der Waals surface area contributed by atoms with Gasteiger partial charge in [-0.15, -0.1) is 0 Å². The van der Waals surface area contributed by atoms with Crippen molar-refractivity contribution in [3.8, 4) is 11.1 Å². The molecule has 3 nitrogen and oxygen atoms in total. The van der Waals surface area contributed by atoms with Gasteiger partial charge in [-0.2, -0.15) is 0 Å². The lowest BCUT2D eigenvalue weighted by molar-refractivity contribution is 0.0531. The van der Waals surface area contributed by atoms with Crippen molar-refractivity contribution in [3.63, 3.8) is 0 Å². The Morgan fingerprint density at radius 2 is 1.64 bits per heavy atom. The predicted molar refractivity (Wildman–Crippen MR) is 102 cm³/mol. The molecule has 0 aliphatic carbocycles. The van der Waals surface area contributed by atoms with Crippen LogP contribution in [0.25, 0.3) is 11.1 Å². The molecule has 0 amide bonds. The van der Waals surface area contributed by atoms with Crippen molar-refractivity contribution in [2.45, 2.75) is 31.4 Å². The summed E-state index contributed by atoms with van der Waals surface area (Å²) in [6.07, 6.45) is 0.803. The van der Waals surface area contributed by atoms with E-state index in [1.807, 2.05) is 18.2 Å². The maximum absolute atomic E-state index is 12.4. The summed E-state index contributed by atoms with van der Waals surface area (Å²) in [5.41, 5.74) is 3.53. The van der Waals surface area contributed by atoms with Gasteiger partial charge >= 0.3 is 0 Å². The summed E-state index contributed by atoms with van der Waals surface area (Å²) < 4.78 is 30.4. The van der Waals surface area contributed by atoms with Crippen LogP contribution in [0.3, 0.4) is 0 Å². The molecule has 0 N–H and O–H groups in total. The molecular weight excluding hydrogens is 332 g/mol. The Hall–Kier alpha value is -1.65. The van der Waals surface area contributed by atoms with Gasteiger partial charge in [-0.05, 0) is 42.9 Å². The summed E-state index contributed by atoms with van der Waals surface area (Å²) in [7, 11) is -3.05. The minimum absolute atomic E-state index is 0.128. The molecule has 1 aliphatic heterocycles. The average Bonchev–Trinajstić information content (AvgIpc) is 2.63. The fourth-order valence-corrected chi connectivity index (χ4v) is 4.78. The molecule has 0 radical (unpaired) electrons. The van der Waals surface area contributed by atoms with E-state index in [0.29, 0.717) is 13.2 Å². The zero-order valence-electron chi connectivity index (χ0n) is 14.9. The smallest absolute Gasteiger partial charge is 0.152 e. The van der Waals surface area contributed by atoms with Gasteiger partial charge in [0, 0.05) is 12.5 Å². The van der Waals surface area contributed by atoms with Crippen LogP contribution in [0.5, 0.6) is 0 Å². The lowest BCUT2D eigenvalue weighted by Gasteiger charge is -2.32. The van der Waals surface area contributed by atoms with Crippen molar-refractivity contribution in [2.24, 2.45) is 5.92 Å². The second kappa shape index (κ2) is 7.71. The van der Waals surface area contributed by atoms with Gasteiger partial charge < -0.3 is 4.74 Å². The SMILES string of the molecule is CC(C)S(=O)(=O)C[C@@H]1CCOC[C@H]1c1ccc(-c2ccccc2)cc1. The molecule has 4 heteroatoms. The van der Waals surface area contributed by atoms with Crippen LogP contribution < -0.4 is 0 Å². The van der Waals surface area contributed by atoms with E-state index in [9.17, 15) is 8.42 Å². The van der Waals surface area contributed by atoms with E-state index in [0.717, 1.165) is 6.42 Å². The van der Waals surface area contributed by atoms with Crippen molar-refractivity contribution in [3.05, 3.63) is 60.2 Å². The van der Waals surface area contributed by atoms with Gasteiger partial charge in [-0.3, -0.25) is 0 Å². The molecule has 1 saturated heterocycles. The summed E-state index contributed by atoms with van der Waals surface area (Å²) in [5, 5.41) is -0.323. The Bertz CT molecular complexity index is 780. The maximum atomic E-state index is 12.4. The largest absolute Gasteiger partial charge is 0.381 e. The highest BCUT2D eigenvalue weighted by atomic mass is 32.2. The highest BCUT2D eigenvalue weighted by Crippen LogP contribution is 2.34. The van der Waals surface area contributed by atoms with Crippen LogP contribution in [0.4, 0.5) is 0 Å². The van der Waals surface area contributed by atoms with Gasteiger partial charge in [0.1, 0.15) is 0 Å². The molecule has 134 valence electrons. The number of sulfone groups is 1. The average molecular weight is 359 g/mol. The van der Waals surface area contributed by atoms with E-state index in [1.165, 1.54) is 16.7 Å². The van der Waals surface area contributed by atoms with E-state index < -0.39 is 9.84 Å². The summed E-state index contributed by atoms with van der Waals surface area (Å²) in [6.45, 7) is 4.77. The van der Waals surface area contributed by atoms with Crippen LogP contribution in [-0.4, -0.2) is 32.6 Å². The molecule has 2 atom stereocenters. The molecule has 1 fully saturated rings. The Labute approximate surface area is 151 Å². The quantitative estimate of drug-likeness (QED) is 0.800. The molecule has 0 bridgehead atoms. The Kier molecular flexibility index (Phi) is 5.60. The lowest BCUT2D eigenvalue weighted by Crippen LogP contribution is -2.33. The van der Waals surface area contributed by atoms with Crippen molar-refractivity contribution < 1.29 is 13.2 Å². The maximum Gasteiger partial charge on any atom is 0.152 e. The highest BCUT2D eigenvalue weighted by molar-refractivity contribution is 7.91. The third-order valence-electron chi connectivity index (χ3n) is 5.11. The molecule has 2 aromatic rings. The molecule has 1 aliphatic rings. The molecule has 0 aromatic heterocycles. The first kappa shape index (κ1) is 18.2. The normalized spacial score (nSPS) is 21.4. The number of benzene rings is 2. The Morgan fingerprint density at radius 1 is 1.00 bits per heavy atom. The second-order valence-corrected chi connectivity index (χ2v) is 9.70. The Morgan fingerprint density at radius 3 is 2.28 bits per heavy atom. The zero-order chi connectivity index (χ0) is 17.9. The third-order valence-corrected chi connectivity index (χ3v) is 7.44. The molecule has 0 saturated carbocycles. The van der Waals surface area contributed by atoms with Crippen molar-refractivity contribution in [1.29, 1.82) is 0 Å².